The first-order valence-corrected chi connectivity index (χ1v) is 5.96. The van der Waals surface area contributed by atoms with E-state index in [1.807, 2.05) is 0 Å². The van der Waals surface area contributed by atoms with Gasteiger partial charge in [-0.25, -0.2) is 8.42 Å². The molecule has 1 heterocycles. The van der Waals surface area contributed by atoms with E-state index in [0.29, 0.717) is 0 Å². The van der Waals surface area contributed by atoms with Crippen molar-refractivity contribution in [2.24, 2.45) is 0 Å². The molecule has 0 amide bonds. The molecule has 0 N–H and O–H groups in total. The summed E-state index contributed by atoms with van der Waals surface area (Å²) in [5.74, 6) is -0.144. The van der Waals surface area contributed by atoms with E-state index in [-0.39, 0.29) is 23.8 Å². The van der Waals surface area contributed by atoms with Crippen molar-refractivity contribution < 1.29 is 13.2 Å². The van der Waals surface area contributed by atoms with Crippen LogP contribution in [0.3, 0.4) is 0 Å². The van der Waals surface area contributed by atoms with Crippen LogP contribution in [0.4, 0.5) is 0 Å². The Bertz CT molecular complexity index is 467. The summed E-state index contributed by atoms with van der Waals surface area (Å²) in [4.78, 5) is 11.2. The zero-order valence-electron chi connectivity index (χ0n) is 7.96. The molecule has 0 bridgehead atoms. The Labute approximate surface area is 88.6 Å². The summed E-state index contributed by atoms with van der Waals surface area (Å²) in [6, 6.07) is 8.12. The van der Waals surface area contributed by atoms with E-state index in [9.17, 15) is 13.2 Å². The van der Waals surface area contributed by atoms with Crippen LogP contribution in [0.15, 0.2) is 35.2 Å². The zero-order chi connectivity index (χ0) is 10.9. The minimum Gasteiger partial charge on any atom is -0.298 e. The number of carbonyl (C=O) groups excluding carboxylic acids is 1. The second-order valence-electron chi connectivity index (χ2n) is 3.28. The highest BCUT2D eigenvalue weighted by Gasteiger charge is 2.31. The first kappa shape index (κ1) is 10.3. The maximum atomic E-state index is 11.9. The van der Waals surface area contributed by atoms with Gasteiger partial charge in [-0.1, -0.05) is 18.2 Å². The van der Waals surface area contributed by atoms with Crippen LogP contribution in [0.2, 0.25) is 0 Å². The number of nitrogens with zero attached hydrogens (tertiary/aromatic N) is 1. The van der Waals surface area contributed by atoms with Gasteiger partial charge < -0.3 is 0 Å². The van der Waals surface area contributed by atoms with Crippen LogP contribution >= 0.6 is 0 Å². The summed E-state index contributed by atoms with van der Waals surface area (Å²) in [6.07, 6.45) is 1.39. The standard InChI is InChI=1S/C10H10NO3S/c12-9-6-7-11(8-9)15(13,14)10-4-2-1-3-5-10/h1-6H,7-8H2. The lowest BCUT2D eigenvalue weighted by molar-refractivity contribution is -0.114. The number of hydrogen-bond donors (Lipinski definition) is 0. The van der Waals surface area contributed by atoms with E-state index in [2.05, 4.69) is 0 Å². The SMILES string of the molecule is O=C1[CH]CN(S(=O)(=O)c2ccccc2)C1. The van der Waals surface area contributed by atoms with Crippen molar-refractivity contribution in [1.29, 1.82) is 0 Å². The van der Waals surface area contributed by atoms with Gasteiger partial charge in [0, 0.05) is 13.0 Å². The van der Waals surface area contributed by atoms with E-state index in [1.54, 1.807) is 18.2 Å². The molecule has 15 heavy (non-hydrogen) atoms. The molecule has 0 aromatic heterocycles. The van der Waals surface area contributed by atoms with E-state index < -0.39 is 10.0 Å². The van der Waals surface area contributed by atoms with Crippen molar-refractivity contribution in [3.05, 3.63) is 36.8 Å². The van der Waals surface area contributed by atoms with Crippen molar-refractivity contribution in [2.45, 2.75) is 4.90 Å². The van der Waals surface area contributed by atoms with Crippen LogP contribution in [0.1, 0.15) is 0 Å². The van der Waals surface area contributed by atoms with Gasteiger partial charge in [0.2, 0.25) is 10.0 Å². The maximum Gasteiger partial charge on any atom is 0.243 e. The summed E-state index contributed by atoms with van der Waals surface area (Å²) >= 11 is 0. The molecular formula is C10H10NO3S. The monoisotopic (exact) mass is 224 g/mol. The molecule has 5 heteroatoms. The van der Waals surface area contributed by atoms with E-state index in [1.165, 1.54) is 22.9 Å². The molecule has 1 saturated heterocycles. The summed E-state index contributed by atoms with van der Waals surface area (Å²) in [7, 11) is -3.49. The molecule has 0 unspecified atom stereocenters. The minimum absolute atomic E-state index is 0.0444. The number of benzene rings is 1. The summed E-state index contributed by atoms with van der Waals surface area (Å²) < 4.78 is 25.0. The molecule has 0 aliphatic carbocycles. The van der Waals surface area contributed by atoms with E-state index >= 15 is 0 Å². The lowest BCUT2D eigenvalue weighted by Gasteiger charge is -2.13. The van der Waals surface area contributed by atoms with Crippen LogP contribution in [0.5, 0.6) is 0 Å². The van der Waals surface area contributed by atoms with Crippen LogP contribution in [0.25, 0.3) is 0 Å². The van der Waals surface area contributed by atoms with E-state index in [4.69, 9.17) is 0 Å². The predicted molar refractivity (Wildman–Crippen MR) is 54.5 cm³/mol. The van der Waals surface area contributed by atoms with Crippen LogP contribution in [-0.4, -0.2) is 31.6 Å². The lowest BCUT2D eigenvalue weighted by atomic mass is 10.4. The Kier molecular flexibility index (Phi) is 2.58. The fourth-order valence-electron chi connectivity index (χ4n) is 1.43. The van der Waals surface area contributed by atoms with Gasteiger partial charge in [0.05, 0.1) is 11.4 Å². The quantitative estimate of drug-likeness (QED) is 0.733. The third-order valence-corrected chi connectivity index (χ3v) is 4.06. The third-order valence-electron chi connectivity index (χ3n) is 2.24. The number of carbonyl (C=O) groups is 1. The summed E-state index contributed by atoms with van der Waals surface area (Å²) in [5.41, 5.74) is 0. The molecule has 1 aromatic carbocycles. The maximum absolute atomic E-state index is 11.9. The topological polar surface area (TPSA) is 54.5 Å². The van der Waals surface area contributed by atoms with Crippen molar-refractivity contribution in [2.75, 3.05) is 13.1 Å². The van der Waals surface area contributed by atoms with Gasteiger partial charge in [-0.3, -0.25) is 4.79 Å². The predicted octanol–water partition coefficient (Wildman–Crippen LogP) is 0.464. The Morgan fingerprint density at radius 2 is 1.80 bits per heavy atom. The number of sulfonamides is 1. The average Bonchev–Trinajstić information content (AvgIpc) is 2.67. The molecule has 0 saturated carbocycles. The molecule has 79 valence electrons. The van der Waals surface area contributed by atoms with Crippen molar-refractivity contribution in [3.8, 4) is 0 Å². The largest absolute Gasteiger partial charge is 0.298 e. The second-order valence-corrected chi connectivity index (χ2v) is 5.22. The normalized spacial score (nSPS) is 18.3. The van der Waals surface area contributed by atoms with Gasteiger partial charge in [-0.2, -0.15) is 4.31 Å². The van der Waals surface area contributed by atoms with Gasteiger partial charge >= 0.3 is 0 Å². The van der Waals surface area contributed by atoms with Gasteiger partial charge in [-0.15, -0.1) is 0 Å². The Morgan fingerprint density at radius 1 is 1.13 bits per heavy atom. The fourth-order valence-corrected chi connectivity index (χ4v) is 2.80. The highest BCUT2D eigenvalue weighted by atomic mass is 32.2. The Morgan fingerprint density at radius 3 is 2.33 bits per heavy atom. The van der Waals surface area contributed by atoms with Crippen LogP contribution in [-0.2, 0) is 14.8 Å². The molecule has 2 rings (SSSR count). The summed E-state index contributed by atoms with van der Waals surface area (Å²) in [6.45, 7) is 0.132. The second kappa shape index (κ2) is 3.75. The highest BCUT2D eigenvalue weighted by Crippen LogP contribution is 2.18. The molecular weight excluding hydrogens is 214 g/mol. The van der Waals surface area contributed by atoms with E-state index in [0.717, 1.165) is 0 Å². The van der Waals surface area contributed by atoms with Gasteiger partial charge in [0.25, 0.3) is 0 Å². The zero-order valence-corrected chi connectivity index (χ0v) is 8.78. The number of ketones is 1. The molecule has 0 spiro atoms. The Hall–Kier alpha value is -1.20. The smallest absolute Gasteiger partial charge is 0.243 e. The Balaban J connectivity index is 2.32. The molecule has 1 radical (unpaired) electrons. The minimum atomic E-state index is -3.49. The van der Waals surface area contributed by atoms with Crippen molar-refractivity contribution in [3.63, 3.8) is 0 Å². The van der Waals surface area contributed by atoms with Gasteiger partial charge in [-0.05, 0) is 12.1 Å². The van der Waals surface area contributed by atoms with Crippen LogP contribution < -0.4 is 0 Å². The molecule has 1 aliphatic heterocycles. The first-order chi connectivity index (χ1) is 7.10. The highest BCUT2D eigenvalue weighted by molar-refractivity contribution is 7.89. The van der Waals surface area contributed by atoms with Gasteiger partial charge in [0.1, 0.15) is 0 Å². The van der Waals surface area contributed by atoms with Crippen LogP contribution in [0, 0.1) is 6.42 Å². The van der Waals surface area contributed by atoms with Crippen molar-refractivity contribution in [1.82, 2.24) is 4.31 Å². The fraction of sp³-hybridized carbons (Fsp3) is 0.200. The molecule has 1 aromatic rings. The molecule has 0 atom stereocenters. The molecule has 1 aliphatic rings. The van der Waals surface area contributed by atoms with Crippen molar-refractivity contribution >= 4 is 15.8 Å². The third kappa shape index (κ3) is 1.93. The number of hydrogen-bond acceptors (Lipinski definition) is 3. The molecule has 4 nitrogen and oxygen atoms in total. The number of rotatable bonds is 2. The first-order valence-electron chi connectivity index (χ1n) is 4.52. The van der Waals surface area contributed by atoms with Gasteiger partial charge in [0.15, 0.2) is 5.78 Å². The molecule has 1 fully saturated rings. The number of Topliss-reactive ketones (excluding diaryl/α,β-unsaturated/α-hetero) is 1. The average molecular weight is 224 g/mol. The summed E-state index contributed by atoms with van der Waals surface area (Å²) in [5, 5.41) is 0. The lowest BCUT2D eigenvalue weighted by Crippen LogP contribution is -2.28.